The lowest BCUT2D eigenvalue weighted by Gasteiger charge is -2.19. The number of nitrogens with one attached hydrogen (secondary N) is 1. The van der Waals surface area contributed by atoms with Crippen molar-refractivity contribution in [1.82, 2.24) is 5.43 Å². The van der Waals surface area contributed by atoms with Crippen molar-refractivity contribution in [3.63, 3.8) is 0 Å². The normalized spacial score (nSPS) is 10.5. The third-order valence-electron chi connectivity index (χ3n) is 3.57. The summed E-state index contributed by atoms with van der Waals surface area (Å²) in [6.07, 6.45) is 1.05. The summed E-state index contributed by atoms with van der Waals surface area (Å²) < 4.78 is 0. The molecule has 21 heavy (non-hydrogen) atoms. The van der Waals surface area contributed by atoms with Gasteiger partial charge in [0.1, 0.15) is 0 Å². The van der Waals surface area contributed by atoms with Gasteiger partial charge in [-0.1, -0.05) is 19.1 Å². The van der Waals surface area contributed by atoms with Gasteiger partial charge in [0.05, 0.1) is 4.88 Å². The molecule has 1 heterocycles. The maximum absolute atomic E-state index is 11.6. The minimum Gasteiger partial charge on any atom is -0.370 e. The van der Waals surface area contributed by atoms with Crippen molar-refractivity contribution in [3.05, 3.63) is 51.2 Å². The van der Waals surface area contributed by atoms with Crippen LogP contribution in [0.2, 0.25) is 0 Å². The number of carbonyl (C=O) groups is 1. The number of aryl methyl sites for hydroxylation is 2. The quantitative estimate of drug-likeness (QED) is 0.507. The van der Waals surface area contributed by atoms with E-state index >= 15 is 0 Å². The van der Waals surface area contributed by atoms with E-state index in [0.717, 1.165) is 23.4 Å². The van der Waals surface area contributed by atoms with E-state index in [4.69, 9.17) is 5.84 Å². The molecule has 4 nitrogen and oxygen atoms in total. The van der Waals surface area contributed by atoms with Crippen molar-refractivity contribution in [2.75, 3.05) is 11.9 Å². The molecule has 112 valence electrons. The Morgan fingerprint density at radius 2 is 2.00 bits per heavy atom. The Balaban J connectivity index is 2.13. The number of hydrazine groups is 1. The fraction of sp³-hybridized carbons (Fsp3) is 0.312. The van der Waals surface area contributed by atoms with E-state index < -0.39 is 0 Å². The Labute approximate surface area is 129 Å². The van der Waals surface area contributed by atoms with Gasteiger partial charge in [-0.3, -0.25) is 10.2 Å². The Morgan fingerprint density at radius 1 is 1.33 bits per heavy atom. The first-order valence-corrected chi connectivity index (χ1v) is 7.77. The van der Waals surface area contributed by atoms with Crippen LogP contribution in [0.4, 0.5) is 5.69 Å². The highest BCUT2D eigenvalue weighted by molar-refractivity contribution is 7.14. The molecule has 0 fully saturated rings. The van der Waals surface area contributed by atoms with Crippen LogP contribution in [0.15, 0.2) is 30.3 Å². The number of hydrogen-bond acceptors (Lipinski definition) is 4. The summed E-state index contributed by atoms with van der Waals surface area (Å²) in [4.78, 5) is 15.5. The van der Waals surface area contributed by atoms with Crippen LogP contribution in [0.25, 0.3) is 0 Å². The largest absolute Gasteiger partial charge is 0.370 e. The van der Waals surface area contributed by atoms with Gasteiger partial charge in [-0.15, -0.1) is 11.3 Å². The van der Waals surface area contributed by atoms with E-state index in [9.17, 15) is 4.79 Å². The fourth-order valence-corrected chi connectivity index (χ4v) is 3.13. The summed E-state index contributed by atoms with van der Waals surface area (Å²) >= 11 is 1.47. The molecule has 0 bridgehead atoms. The van der Waals surface area contributed by atoms with E-state index in [0.29, 0.717) is 4.88 Å². The lowest BCUT2D eigenvalue weighted by molar-refractivity contribution is 0.0957. The van der Waals surface area contributed by atoms with Crippen molar-refractivity contribution in [2.45, 2.75) is 26.8 Å². The van der Waals surface area contributed by atoms with E-state index in [1.54, 1.807) is 0 Å². The molecule has 0 radical (unpaired) electrons. The zero-order chi connectivity index (χ0) is 15.4. The van der Waals surface area contributed by atoms with Crippen LogP contribution in [0.3, 0.4) is 0 Å². The van der Waals surface area contributed by atoms with Gasteiger partial charge in [0.25, 0.3) is 5.91 Å². The number of benzene rings is 1. The highest BCUT2D eigenvalue weighted by atomic mass is 32.1. The van der Waals surface area contributed by atoms with Gasteiger partial charge in [-0.25, -0.2) is 5.84 Å². The smallest absolute Gasteiger partial charge is 0.275 e. The second-order valence-corrected chi connectivity index (χ2v) is 6.30. The standard InChI is InChI=1S/C16H21N3OS/c1-4-12-5-7-14(8-6-12)19(3)10-13-9-15(16(20)18-17)21-11(13)2/h5-9H,4,10,17H2,1-3H3,(H,18,20). The molecular formula is C16H21N3OS. The second-order valence-electron chi connectivity index (χ2n) is 5.04. The Morgan fingerprint density at radius 3 is 2.57 bits per heavy atom. The maximum atomic E-state index is 11.6. The molecule has 0 atom stereocenters. The molecule has 1 aromatic heterocycles. The molecule has 2 aromatic rings. The molecule has 5 heteroatoms. The van der Waals surface area contributed by atoms with Crippen molar-refractivity contribution in [2.24, 2.45) is 5.84 Å². The lowest BCUT2D eigenvalue weighted by atomic mass is 10.1. The number of anilines is 1. The summed E-state index contributed by atoms with van der Waals surface area (Å²) in [5.41, 5.74) is 5.83. The van der Waals surface area contributed by atoms with Crippen molar-refractivity contribution in [3.8, 4) is 0 Å². The van der Waals surface area contributed by atoms with Crippen LogP contribution in [-0.4, -0.2) is 13.0 Å². The summed E-state index contributed by atoms with van der Waals surface area (Å²) in [6, 6.07) is 10.5. The number of nitrogen functional groups attached to an aromatic ring is 1. The molecule has 0 unspecified atom stereocenters. The lowest BCUT2D eigenvalue weighted by Crippen LogP contribution is -2.29. The average molecular weight is 303 g/mol. The highest BCUT2D eigenvalue weighted by Crippen LogP contribution is 2.24. The summed E-state index contributed by atoms with van der Waals surface area (Å²) in [5, 5.41) is 0. The number of nitrogens with zero attached hydrogens (tertiary/aromatic N) is 1. The first-order valence-electron chi connectivity index (χ1n) is 6.95. The maximum Gasteiger partial charge on any atom is 0.275 e. The molecule has 0 saturated carbocycles. The SMILES string of the molecule is CCc1ccc(N(C)Cc2cc(C(=O)NN)sc2C)cc1. The summed E-state index contributed by atoms with van der Waals surface area (Å²) in [7, 11) is 2.06. The van der Waals surface area contributed by atoms with Gasteiger partial charge in [-0.2, -0.15) is 0 Å². The predicted molar refractivity (Wildman–Crippen MR) is 88.6 cm³/mol. The number of nitrogens with two attached hydrogens (primary N) is 1. The fourth-order valence-electron chi connectivity index (χ4n) is 2.19. The molecule has 1 amide bonds. The van der Waals surface area contributed by atoms with Crippen LogP contribution in [0.1, 0.15) is 32.6 Å². The van der Waals surface area contributed by atoms with Gasteiger partial charge >= 0.3 is 0 Å². The van der Waals surface area contributed by atoms with Gasteiger partial charge in [0, 0.05) is 24.2 Å². The van der Waals surface area contributed by atoms with Crippen LogP contribution in [-0.2, 0) is 13.0 Å². The molecule has 0 saturated heterocycles. The predicted octanol–water partition coefficient (Wildman–Crippen LogP) is 2.86. The second kappa shape index (κ2) is 6.74. The molecule has 0 spiro atoms. The number of thiophene rings is 1. The first kappa shape index (κ1) is 15.5. The minimum absolute atomic E-state index is 0.232. The minimum atomic E-state index is -0.232. The number of hydrogen-bond donors (Lipinski definition) is 2. The van der Waals surface area contributed by atoms with Gasteiger partial charge in [0.15, 0.2) is 0 Å². The number of carbonyl (C=O) groups excluding carboxylic acids is 1. The van der Waals surface area contributed by atoms with Crippen molar-refractivity contribution >= 4 is 22.9 Å². The first-order chi connectivity index (χ1) is 10.0. The Bertz CT molecular complexity index is 619. The molecule has 3 N–H and O–H groups in total. The van der Waals surface area contributed by atoms with E-state index in [2.05, 4.69) is 48.6 Å². The summed E-state index contributed by atoms with van der Waals surface area (Å²) in [5.74, 6) is 4.95. The van der Waals surface area contributed by atoms with Crippen LogP contribution >= 0.6 is 11.3 Å². The van der Waals surface area contributed by atoms with Crippen molar-refractivity contribution < 1.29 is 4.79 Å². The third-order valence-corrected chi connectivity index (χ3v) is 4.66. The molecule has 0 aliphatic rings. The van der Waals surface area contributed by atoms with Crippen LogP contribution < -0.4 is 16.2 Å². The van der Waals surface area contributed by atoms with Gasteiger partial charge in [0.2, 0.25) is 0 Å². The average Bonchev–Trinajstić information content (AvgIpc) is 2.87. The number of amides is 1. The van der Waals surface area contributed by atoms with Crippen LogP contribution in [0.5, 0.6) is 0 Å². The van der Waals surface area contributed by atoms with E-state index in [1.807, 2.05) is 13.0 Å². The van der Waals surface area contributed by atoms with Crippen LogP contribution in [0, 0.1) is 6.92 Å². The molecule has 0 aliphatic carbocycles. The highest BCUT2D eigenvalue weighted by Gasteiger charge is 2.13. The number of rotatable bonds is 5. The monoisotopic (exact) mass is 303 g/mol. The van der Waals surface area contributed by atoms with E-state index in [1.165, 1.54) is 22.6 Å². The topological polar surface area (TPSA) is 58.4 Å². The Hall–Kier alpha value is -1.85. The van der Waals surface area contributed by atoms with Crippen molar-refractivity contribution in [1.29, 1.82) is 0 Å². The van der Waals surface area contributed by atoms with Gasteiger partial charge in [-0.05, 0) is 42.7 Å². The molecular weight excluding hydrogens is 282 g/mol. The third kappa shape index (κ3) is 3.62. The molecule has 1 aromatic carbocycles. The van der Waals surface area contributed by atoms with E-state index in [-0.39, 0.29) is 5.91 Å². The zero-order valence-corrected chi connectivity index (χ0v) is 13.5. The zero-order valence-electron chi connectivity index (χ0n) is 12.6. The van der Waals surface area contributed by atoms with Gasteiger partial charge < -0.3 is 4.90 Å². The molecule has 2 rings (SSSR count). The Kier molecular flexibility index (Phi) is 4.98. The summed E-state index contributed by atoms with van der Waals surface area (Å²) in [6.45, 7) is 4.95. The molecule has 0 aliphatic heterocycles.